The van der Waals surface area contributed by atoms with Crippen LogP contribution in [0, 0.1) is 11.6 Å². The number of benzene rings is 1. The van der Waals surface area contributed by atoms with Crippen LogP contribution in [0.3, 0.4) is 0 Å². The summed E-state index contributed by atoms with van der Waals surface area (Å²) in [5.74, 6) is -1.01. The molecule has 1 aromatic heterocycles. The third-order valence-corrected chi connectivity index (χ3v) is 2.04. The molecule has 0 spiro atoms. The van der Waals surface area contributed by atoms with E-state index in [9.17, 15) is 8.78 Å². The van der Waals surface area contributed by atoms with Gasteiger partial charge in [-0.1, -0.05) is 4.49 Å². The lowest BCUT2D eigenvalue weighted by atomic mass is 10.3. The number of hydrogen-bond acceptors (Lipinski definition) is 3. The van der Waals surface area contributed by atoms with Crippen molar-refractivity contribution in [2.24, 2.45) is 0 Å². The number of hydrogen-bond donors (Lipinski definition) is 0. The zero-order valence-electron chi connectivity index (χ0n) is 5.21. The summed E-state index contributed by atoms with van der Waals surface area (Å²) in [6.45, 7) is 0. The number of nitrogens with zero attached hydrogens (tertiary/aromatic N) is 2. The van der Waals surface area contributed by atoms with E-state index in [1.807, 2.05) is 0 Å². The van der Waals surface area contributed by atoms with Crippen molar-refractivity contribution >= 4 is 21.7 Å². The van der Waals surface area contributed by atoms with E-state index in [0.717, 1.165) is 23.7 Å². The van der Waals surface area contributed by atoms with Crippen molar-refractivity contribution in [1.29, 1.82) is 0 Å². The molecule has 0 N–H and O–H groups in total. The van der Waals surface area contributed by atoms with E-state index in [0.29, 0.717) is 0 Å². The highest BCUT2D eigenvalue weighted by Gasteiger charge is 2.08. The zero-order chi connectivity index (χ0) is 7.84. The molecule has 2 rings (SSSR count). The second kappa shape index (κ2) is 2.20. The first-order valence-electron chi connectivity index (χ1n) is 2.85. The Kier molecular flexibility index (Phi) is 1.32. The molecule has 0 radical (unpaired) electrons. The van der Waals surface area contributed by atoms with E-state index in [1.54, 1.807) is 0 Å². The molecular weight excluding hydrogens is 170 g/mol. The minimum absolute atomic E-state index is 0.00926. The number of rotatable bonds is 0. The first kappa shape index (κ1) is 6.60. The van der Waals surface area contributed by atoms with Crippen LogP contribution >= 0.6 is 11.5 Å². The molecule has 0 atom stereocenters. The fourth-order valence-electron chi connectivity index (χ4n) is 0.805. The third kappa shape index (κ3) is 0.883. The normalized spacial score (nSPS) is 10.7. The Balaban J connectivity index is 2.96. The van der Waals surface area contributed by atoms with Gasteiger partial charge < -0.3 is 0 Å². The van der Waals surface area contributed by atoms with Gasteiger partial charge >= 0.3 is 0 Å². The molecule has 5 heteroatoms. The lowest BCUT2D eigenvalue weighted by Crippen LogP contribution is -1.80. The molecule has 0 saturated heterocycles. The van der Waals surface area contributed by atoms with Gasteiger partial charge in [-0.25, -0.2) is 8.78 Å². The van der Waals surface area contributed by atoms with E-state index >= 15 is 0 Å². The Labute approximate surface area is 64.6 Å². The summed E-state index contributed by atoms with van der Waals surface area (Å²) in [4.78, 5) is 0. The molecule has 0 aliphatic carbocycles. The molecule has 0 saturated carbocycles. The Morgan fingerprint density at radius 3 is 2.64 bits per heavy atom. The summed E-state index contributed by atoms with van der Waals surface area (Å²) in [6, 6.07) is 2.11. The number of aromatic nitrogens is 2. The average Bonchev–Trinajstić information content (AvgIpc) is 2.45. The van der Waals surface area contributed by atoms with Crippen LogP contribution in [0.1, 0.15) is 0 Å². The van der Waals surface area contributed by atoms with Gasteiger partial charge in [0.05, 0.1) is 0 Å². The quantitative estimate of drug-likeness (QED) is 0.607. The van der Waals surface area contributed by atoms with E-state index in [-0.39, 0.29) is 10.2 Å². The minimum atomic E-state index is -0.532. The van der Waals surface area contributed by atoms with Crippen molar-refractivity contribution in [3.63, 3.8) is 0 Å². The van der Waals surface area contributed by atoms with Gasteiger partial charge in [0, 0.05) is 0 Å². The van der Waals surface area contributed by atoms with E-state index in [4.69, 9.17) is 0 Å². The molecular formula is C6H2F2N2S. The number of fused-ring (bicyclic) bond motifs is 1. The van der Waals surface area contributed by atoms with Crippen LogP contribution < -0.4 is 0 Å². The molecule has 1 heterocycles. The van der Waals surface area contributed by atoms with Crippen molar-refractivity contribution < 1.29 is 8.78 Å². The van der Waals surface area contributed by atoms with Gasteiger partial charge in [0.15, 0.2) is 5.82 Å². The molecule has 0 fully saturated rings. The van der Waals surface area contributed by atoms with Crippen LogP contribution in [0.15, 0.2) is 12.1 Å². The monoisotopic (exact) mass is 172 g/mol. The maximum absolute atomic E-state index is 12.8. The maximum Gasteiger partial charge on any atom is 0.152 e. The molecule has 56 valence electrons. The first-order valence-corrected chi connectivity index (χ1v) is 3.62. The highest BCUT2D eigenvalue weighted by atomic mass is 32.1. The molecule has 0 bridgehead atoms. The van der Waals surface area contributed by atoms with Gasteiger partial charge in [-0.05, 0) is 23.7 Å². The van der Waals surface area contributed by atoms with Crippen molar-refractivity contribution in [2.45, 2.75) is 0 Å². The second-order valence-electron chi connectivity index (χ2n) is 1.98. The summed E-state index contributed by atoms with van der Waals surface area (Å²) in [5, 5.41) is 3.43. The highest BCUT2D eigenvalue weighted by Crippen LogP contribution is 2.21. The van der Waals surface area contributed by atoms with Crippen molar-refractivity contribution in [3.8, 4) is 0 Å². The Morgan fingerprint density at radius 2 is 1.91 bits per heavy atom. The van der Waals surface area contributed by atoms with Gasteiger partial charge in [-0.2, -0.15) is 0 Å². The van der Waals surface area contributed by atoms with Gasteiger partial charge in [-0.3, -0.25) is 0 Å². The SMILES string of the molecule is Fc1ccc(F)c2snnc12. The van der Waals surface area contributed by atoms with Gasteiger partial charge in [0.25, 0.3) is 0 Å². The van der Waals surface area contributed by atoms with Crippen molar-refractivity contribution in [3.05, 3.63) is 23.8 Å². The van der Waals surface area contributed by atoms with Crippen LogP contribution in [-0.2, 0) is 0 Å². The lowest BCUT2D eigenvalue weighted by Gasteiger charge is -1.88. The lowest BCUT2D eigenvalue weighted by molar-refractivity contribution is 0.617. The summed E-state index contributed by atoms with van der Waals surface area (Å²) >= 11 is 0.852. The molecule has 0 amide bonds. The van der Waals surface area contributed by atoms with Crippen molar-refractivity contribution in [1.82, 2.24) is 9.59 Å². The average molecular weight is 172 g/mol. The molecule has 2 nitrogen and oxygen atoms in total. The summed E-state index contributed by atoms with van der Waals surface area (Å²) in [7, 11) is 0. The predicted octanol–water partition coefficient (Wildman–Crippen LogP) is 1.97. The largest absolute Gasteiger partial charge is 0.205 e. The van der Waals surface area contributed by atoms with E-state index < -0.39 is 11.6 Å². The Morgan fingerprint density at radius 1 is 1.18 bits per heavy atom. The number of halogens is 2. The molecule has 0 aliphatic heterocycles. The fourth-order valence-corrected chi connectivity index (χ4v) is 1.39. The minimum Gasteiger partial charge on any atom is -0.205 e. The maximum atomic E-state index is 12.8. The van der Waals surface area contributed by atoms with Gasteiger partial charge in [-0.15, -0.1) is 5.10 Å². The van der Waals surface area contributed by atoms with E-state index in [1.165, 1.54) is 0 Å². The molecule has 11 heavy (non-hydrogen) atoms. The Hall–Kier alpha value is -1.10. The molecule has 0 aliphatic rings. The van der Waals surface area contributed by atoms with Crippen LogP contribution in [-0.4, -0.2) is 9.59 Å². The summed E-state index contributed by atoms with van der Waals surface area (Å²) < 4.78 is 29.1. The second-order valence-corrected chi connectivity index (χ2v) is 2.73. The highest BCUT2D eigenvalue weighted by molar-refractivity contribution is 7.12. The first-order chi connectivity index (χ1) is 5.29. The molecule has 1 aromatic carbocycles. The van der Waals surface area contributed by atoms with Crippen LogP contribution in [0.25, 0.3) is 10.2 Å². The standard InChI is InChI=1S/C6H2F2N2S/c7-3-1-2-4(8)6-5(3)9-10-11-6/h1-2H. The third-order valence-electron chi connectivity index (χ3n) is 1.31. The smallest absolute Gasteiger partial charge is 0.152 e. The molecule has 0 unspecified atom stereocenters. The predicted molar refractivity (Wildman–Crippen MR) is 37.3 cm³/mol. The zero-order valence-corrected chi connectivity index (χ0v) is 6.03. The summed E-state index contributed by atoms with van der Waals surface area (Å²) in [5.41, 5.74) is 0.00926. The van der Waals surface area contributed by atoms with Crippen molar-refractivity contribution in [2.75, 3.05) is 0 Å². The fraction of sp³-hybridized carbons (Fsp3) is 0. The molecule has 2 aromatic rings. The van der Waals surface area contributed by atoms with Crippen LogP contribution in [0.4, 0.5) is 8.78 Å². The van der Waals surface area contributed by atoms with Gasteiger partial charge in [0.1, 0.15) is 16.0 Å². The van der Waals surface area contributed by atoms with Crippen LogP contribution in [0.5, 0.6) is 0 Å². The topological polar surface area (TPSA) is 25.8 Å². The Bertz CT molecular complexity index is 362. The van der Waals surface area contributed by atoms with E-state index in [2.05, 4.69) is 9.59 Å². The van der Waals surface area contributed by atoms with Crippen LogP contribution in [0.2, 0.25) is 0 Å². The summed E-state index contributed by atoms with van der Waals surface area (Å²) in [6.07, 6.45) is 0. The van der Waals surface area contributed by atoms with Gasteiger partial charge in [0.2, 0.25) is 0 Å².